The highest BCUT2D eigenvalue weighted by Crippen LogP contribution is 2.25. The van der Waals surface area contributed by atoms with Crippen LogP contribution in [0.1, 0.15) is 19.3 Å². The summed E-state index contributed by atoms with van der Waals surface area (Å²) in [6, 6.07) is 1.56. The largest absolute Gasteiger partial charge is 0.380 e. The van der Waals surface area contributed by atoms with Gasteiger partial charge in [-0.25, -0.2) is 13.2 Å². The van der Waals surface area contributed by atoms with Crippen molar-refractivity contribution >= 4 is 5.69 Å². The molecule has 1 fully saturated rings. The maximum atomic E-state index is 13.3. The second-order valence-electron chi connectivity index (χ2n) is 4.16. The number of benzene rings is 1. The standard InChI is InChI=1S/C11H13F3N2/c12-6-3-9(13)11(14)10(4-6)16-8-2-1-7(15)5-8/h3-4,7-8,16H,1-2,5,15H2. The Morgan fingerprint density at radius 2 is 1.94 bits per heavy atom. The Morgan fingerprint density at radius 3 is 2.56 bits per heavy atom. The maximum Gasteiger partial charge on any atom is 0.182 e. The Kier molecular flexibility index (Phi) is 3.05. The van der Waals surface area contributed by atoms with Crippen LogP contribution in [0, 0.1) is 17.5 Å². The van der Waals surface area contributed by atoms with Crippen LogP contribution in [0.25, 0.3) is 0 Å². The van der Waals surface area contributed by atoms with Crippen molar-refractivity contribution in [3.05, 3.63) is 29.6 Å². The van der Waals surface area contributed by atoms with Gasteiger partial charge in [-0.3, -0.25) is 0 Å². The van der Waals surface area contributed by atoms with Crippen LogP contribution in [-0.2, 0) is 0 Å². The second kappa shape index (κ2) is 4.33. The summed E-state index contributed by atoms with van der Waals surface area (Å²) in [7, 11) is 0. The maximum absolute atomic E-state index is 13.3. The average Bonchev–Trinajstić information content (AvgIpc) is 2.60. The molecule has 0 amide bonds. The van der Waals surface area contributed by atoms with Crippen LogP contribution in [0.2, 0.25) is 0 Å². The van der Waals surface area contributed by atoms with Gasteiger partial charge in [0.15, 0.2) is 11.6 Å². The van der Waals surface area contributed by atoms with Crippen LogP contribution in [0.15, 0.2) is 12.1 Å². The lowest BCUT2D eigenvalue weighted by atomic mass is 10.2. The molecule has 0 bridgehead atoms. The van der Waals surface area contributed by atoms with Gasteiger partial charge in [-0.15, -0.1) is 0 Å². The summed E-state index contributed by atoms with van der Waals surface area (Å²) in [4.78, 5) is 0. The van der Waals surface area contributed by atoms with Crippen molar-refractivity contribution in [3.8, 4) is 0 Å². The number of hydrogen-bond acceptors (Lipinski definition) is 2. The van der Waals surface area contributed by atoms with Crippen molar-refractivity contribution in [2.24, 2.45) is 5.73 Å². The SMILES string of the molecule is NC1CCC(Nc2cc(F)cc(F)c2F)C1. The quantitative estimate of drug-likeness (QED) is 0.765. The predicted octanol–water partition coefficient (Wildman–Crippen LogP) is 2.40. The van der Waals surface area contributed by atoms with Crippen molar-refractivity contribution in [3.63, 3.8) is 0 Å². The summed E-state index contributed by atoms with van der Waals surface area (Å²) in [6.45, 7) is 0. The Hall–Kier alpha value is -1.23. The Labute approximate surface area is 91.6 Å². The molecule has 1 aromatic rings. The first-order chi connectivity index (χ1) is 7.56. The molecule has 2 atom stereocenters. The van der Waals surface area contributed by atoms with E-state index < -0.39 is 17.5 Å². The number of rotatable bonds is 2. The molecule has 2 unspecified atom stereocenters. The zero-order valence-corrected chi connectivity index (χ0v) is 8.64. The first kappa shape index (κ1) is 11.3. The highest BCUT2D eigenvalue weighted by molar-refractivity contribution is 5.46. The van der Waals surface area contributed by atoms with E-state index in [0.29, 0.717) is 12.5 Å². The van der Waals surface area contributed by atoms with Gasteiger partial charge >= 0.3 is 0 Å². The molecule has 3 N–H and O–H groups in total. The second-order valence-corrected chi connectivity index (χ2v) is 4.16. The van der Waals surface area contributed by atoms with Gasteiger partial charge in [0.2, 0.25) is 0 Å². The fourth-order valence-electron chi connectivity index (χ4n) is 2.03. The van der Waals surface area contributed by atoms with Gasteiger partial charge in [0.05, 0.1) is 5.69 Å². The van der Waals surface area contributed by atoms with Gasteiger partial charge in [-0.1, -0.05) is 0 Å². The molecule has 0 heterocycles. The minimum atomic E-state index is -1.18. The molecule has 0 spiro atoms. The number of nitrogens with one attached hydrogen (secondary N) is 1. The third-order valence-electron chi connectivity index (χ3n) is 2.83. The monoisotopic (exact) mass is 230 g/mol. The lowest BCUT2D eigenvalue weighted by molar-refractivity contribution is 0.496. The van der Waals surface area contributed by atoms with Gasteiger partial charge in [-0.05, 0) is 19.3 Å². The zero-order valence-electron chi connectivity index (χ0n) is 8.64. The lowest BCUT2D eigenvalue weighted by Gasteiger charge is -2.14. The molecule has 5 heteroatoms. The van der Waals surface area contributed by atoms with Gasteiger partial charge in [0.25, 0.3) is 0 Å². The first-order valence-electron chi connectivity index (χ1n) is 5.23. The van der Waals surface area contributed by atoms with E-state index in [9.17, 15) is 13.2 Å². The van der Waals surface area contributed by atoms with Crippen LogP contribution in [-0.4, -0.2) is 12.1 Å². The molecule has 2 nitrogen and oxygen atoms in total. The minimum absolute atomic E-state index is 0.00861. The van der Waals surface area contributed by atoms with E-state index in [-0.39, 0.29) is 17.8 Å². The Morgan fingerprint density at radius 1 is 1.19 bits per heavy atom. The van der Waals surface area contributed by atoms with Crippen LogP contribution in [0.5, 0.6) is 0 Å². The van der Waals surface area contributed by atoms with E-state index in [1.807, 2.05) is 0 Å². The number of anilines is 1. The summed E-state index contributed by atoms with van der Waals surface area (Å²) in [5.74, 6) is -3.00. The van der Waals surface area contributed by atoms with Gasteiger partial charge in [0.1, 0.15) is 5.82 Å². The van der Waals surface area contributed by atoms with E-state index in [0.717, 1.165) is 18.9 Å². The lowest BCUT2D eigenvalue weighted by Crippen LogP contribution is -2.21. The fourth-order valence-corrected chi connectivity index (χ4v) is 2.03. The zero-order chi connectivity index (χ0) is 11.7. The summed E-state index contributed by atoms with van der Waals surface area (Å²) in [6.07, 6.45) is 2.33. The Balaban J connectivity index is 2.15. The molecule has 0 aliphatic heterocycles. The third kappa shape index (κ3) is 2.29. The van der Waals surface area contributed by atoms with Crippen LogP contribution in [0.4, 0.5) is 18.9 Å². The van der Waals surface area contributed by atoms with Gasteiger partial charge in [0, 0.05) is 24.2 Å². The third-order valence-corrected chi connectivity index (χ3v) is 2.83. The van der Waals surface area contributed by atoms with Crippen molar-refractivity contribution in [1.82, 2.24) is 0 Å². The van der Waals surface area contributed by atoms with Crippen LogP contribution < -0.4 is 11.1 Å². The van der Waals surface area contributed by atoms with Gasteiger partial charge < -0.3 is 11.1 Å². The molecular formula is C11H13F3N2. The molecule has 1 aliphatic carbocycles. The molecular weight excluding hydrogens is 217 g/mol. The van der Waals surface area contributed by atoms with E-state index >= 15 is 0 Å². The number of hydrogen-bond donors (Lipinski definition) is 2. The molecule has 16 heavy (non-hydrogen) atoms. The van der Waals surface area contributed by atoms with Gasteiger partial charge in [-0.2, -0.15) is 0 Å². The average molecular weight is 230 g/mol. The summed E-state index contributed by atoms with van der Waals surface area (Å²) in [5.41, 5.74) is 5.57. The normalized spacial score (nSPS) is 24.8. The molecule has 0 saturated heterocycles. The molecule has 0 aromatic heterocycles. The number of halogens is 3. The molecule has 1 aliphatic rings. The van der Waals surface area contributed by atoms with Crippen molar-refractivity contribution in [2.45, 2.75) is 31.3 Å². The van der Waals surface area contributed by atoms with Crippen LogP contribution >= 0.6 is 0 Å². The van der Waals surface area contributed by atoms with E-state index in [1.165, 1.54) is 0 Å². The van der Waals surface area contributed by atoms with E-state index in [2.05, 4.69) is 5.32 Å². The van der Waals surface area contributed by atoms with E-state index in [4.69, 9.17) is 5.73 Å². The van der Waals surface area contributed by atoms with Crippen LogP contribution in [0.3, 0.4) is 0 Å². The van der Waals surface area contributed by atoms with E-state index in [1.54, 1.807) is 0 Å². The fraction of sp³-hybridized carbons (Fsp3) is 0.455. The molecule has 88 valence electrons. The smallest absolute Gasteiger partial charge is 0.182 e. The van der Waals surface area contributed by atoms with Crippen molar-refractivity contribution in [2.75, 3.05) is 5.32 Å². The number of nitrogens with two attached hydrogens (primary N) is 1. The highest BCUT2D eigenvalue weighted by atomic mass is 19.2. The summed E-state index contributed by atoms with van der Waals surface area (Å²) in [5, 5.41) is 2.79. The van der Waals surface area contributed by atoms with Crippen molar-refractivity contribution in [1.29, 1.82) is 0 Å². The minimum Gasteiger partial charge on any atom is -0.380 e. The summed E-state index contributed by atoms with van der Waals surface area (Å²) < 4.78 is 39.1. The summed E-state index contributed by atoms with van der Waals surface area (Å²) >= 11 is 0. The molecule has 0 radical (unpaired) electrons. The first-order valence-corrected chi connectivity index (χ1v) is 5.23. The predicted molar refractivity (Wildman–Crippen MR) is 55.6 cm³/mol. The highest BCUT2D eigenvalue weighted by Gasteiger charge is 2.23. The molecule has 1 aromatic carbocycles. The van der Waals surface area contributed by atoms with Crippen molar-refractivity contribution < 1.29 is 13.2 Å². The topological polar surface area (TPSA) is 38.0 Å². The molecule has 1 saturated carbocycles. The molecule has 2 rings (SSSR count). The Bertz CT molecular complexity index is 395.